The molecular weight excluding hydrogens is 304 g/mol. The Bertz CT molecular complexity index is 425. The zero-order chi connectivity index (χ0) is 15.8. The molecule has 0 spiro atoms. The molecule has 0 aromatic heterocycles. The van der Waals surface area contributed by atoms with Gasteiger partial charge in [-0.3, -0.25) is 4.79 Å². The molecule has 2 N–H and O–H groups in total. The van der Waals surface area contributed by atoms with Crippen LogP contribution in [0.25, 0.3) is 0 Å². The highest BCUT2D eigenvalue weighted by Gasteiger charge is 2.34. The fraction of sp³-hybridized carbons (Fsp3) is 0.818. The lowest BCUT2D eigenvalue weighted by Crippen LogP contribution is -2.47. The van der Waals surface area contributed by atoms with Gasteiger partial charge in [0.1, 0.15) is 11.8 Å². The summed E-state index contributed by atoms with van der Waals surface area (Å²) in [5, 5.41) is -0.996. The lowest BCUT2D eigenvalue weighted by atomic mass is 10.3. The van der Waals surface area contributed by atoms with Crippen molar-refractivity contribution in [3.05, 3.63) is 0 Å². The quantitative estimate of drug-likeness (QED) is 0.442. The summed E-state index contributed by atoms with van der Waals surface area (Å²) in [6.07, 6.45) is 0.240. The van der Waals surface area contributed by atoms with Gasteiger partial charge in [0.2, 0.25) is 10.0 Å². The normalized spacial score (nSPS) is 13.2. The third-order valence-electron chi connectivity index (χ3n) is 2.56. The van der Waals surface area contributed by atoms with Crippen LogP contribution in [0.5, 0.6) is 0 Å². The minimum Gasteiger partial charge on any atom is -0.465 e. The first-order chi connectivity index (χ1) is 9.31. The second-order valence-electron chi connectivity index (χ2n) is 3.98. The molecule has 7 nitrogen and oxygen atoms in total. The van der Waals surface area contributed by atoms with Gasteiger partial charge in [0.15, 0.2) is 0 Å². The molecule has 0 bridgehead atoms. The third-order valence-corrected chi connectivity index (χ3v) is 5.33. The highest BCUT2D eigenvalue weighted by atomic mass is 32.2. The highest BCUT2D eigenvalue weighted by Crippen LogP contribution is 2.13. The largest absolute Gasteiger partial charge is 0.465 e. The van der Waals surface area contributed by atoms with Crippen LogP contribution in [0.1, 0.15) is 20.3 Å². The second kappa shape index (κ2) is 9.22. The van der Waals surface area contributed by atoms with E-state index >= 15 is 0 Å². The smallest absolute Gasteiger partial charge is 0.321 e. The molecule has 20 heavy (non-hydrogen) atoms. The molecule has 0 aliphatic carbocycles. The Morgan fingerprint density at radius 2 is 2.00 bits per heavy atom. The van der Waals surface area contributed by atoms with Gasteiger partial charge in [0.25, 0.3) is 0 Å². The van der Waals surface area contributed by atoms with Gasteiger partial charge in [-0.05, 0) is 13.3 Å². The zero-order valence-electron chi connectivity index (χ0n) is 12.0. The summed E-state index contributed by atoms with van der Waals surface area (Å²) in [4.78, 5) is 11.4. The molecule has 0 aromatic carbocycles. The summed E-state index contributed by atoms with van der Waals surface area (Å²) in [6.45, 7) is 3.32. The molecule has 0 saturated carbocycles. The van der Waals surface area contributed by atoms with E-state index < -0.39 is 21.2 Å². The minimum absolute atomic E-state index is 0.0385. The number of rotatable bonds is 10. The van der Waals surface area contributed by atoms with Gasteiger partial charge in [0, 0.05) is 13.7 Å². The molecule has 0 aliphatic heterocycles. The van der Waals surface area contributed by atoms with Crippen LogP contribution in [-0.4, -0.2) is 62.3 Å². The SMILES string of the molecule is CCOC(=O)CN(CCOC)S(=O)(=O)C(CC)C(N)=S. The molecular formula is C11H22N2O5S2. The molecule has 1 atom stereocenters. The number of esters is 1. The van der Waals surface area contributed by atoms with E-state index in [9.17, 15) is 13.2 Å². The van der Waals surface area contributed by atoms with E-state index in [-0.39, 0.29) is 37.7 Å². The standard InChI is InChI=1S/C11H22N2O5S2/c1-4-9(11(12)19)20(15,16)13(6-7-17-3)8-10(14)18-5-2/h9H,4-8H2,1-3H3,(H2,12,19). The second-order valence-corrected chi connectivity index (χ2v) is 6.56. The van der Waals surface area contributed by atoms with Gasteiger partial charge in [-0.15, -0.1) is 0 Å². The predicted octanol–water partition coefficient (Wildman–Crippen LogP) is -0.108. The van der Waals surface area contributed by atoms with Crippen molar-refractivity contribution in [1.29, 1.82) is 0 Å². The maximum Gasteiger partial charge on any atom is 0.321 e. The summed E-state index contributed by atoms with van der Waals surface area (Å²) in [5.41, 5.74) is 5.47. The van der Waals surface area contributed by atoms with E-state index in [0.717, 1.165) is 4.31 Å². The minimum atomic E-state index is -3.81. The van der Waals surface area contributed by atoms with Gasteiger partial charge >= 0.3 is 5.97 Å². The molecule has 1 unspecified atom stereocenters. The van der Waals surface area contributed by atoms with Crippen LogP contribution in [0.4, 0.5) is 0 Å². The Morgan fingerprint density at radius 1 is 1.40 bits per heavy atom. The number of carbonyl (C=O) groups excluding carboxylic acids is 1. The number of nitrogens with two attached hydrogens (primary N) is 1. The number of carbonyl (C=O) groups is 1. The van der Waals surface area contributed by atoms with Crippen LogP contribution in [0.3, 0.4) is 0 Å². The Kier molecular flexibility index (Phi) is 8.86. The van der Waals surface area contributed by atoms with Gasteiger partial charge in [0.05, 0.1) is 18.2 Å². The number of methoxy groups -OCH3 is 1. The van der Waals surface area contributed by atoms with Gasteiger partial charge in [-0.25, -0.2) is 8.42 Å². The van der Waals surface area contributed by atoms with Crippen molar-refractivity contribution in [3.63, 3.8) is 0 Å². The van der Waals surface area contributed by atoms with Crippen LogP contribution in [0.15, 0.2) is 0 Å². The molecule has 0 fully saturated rings. The van der Waals surface area contributed by atoms with Gasteiger partial charge in [-0.1, -0.05) is 19.1 Å². The van der Waals surface area contributed by atoms with Crippen molar-refractivity contribution in [2.45, 2.75) is 25.5 Å². The average Bonchev–Trinajstić information content (AvgIpc) is 2.34. The fourth-order valence-electron chi connectivity index (χ4n) is 1.58. The zero-order valence-corrected chi connectivity index (χ0v) is 13.6. The molecule has 118 valence electrons. The van der Waals surface area contributed by atoms with E-state index in [1.165, 1.54) is 7.11 Å². The number of nitrogens with zero attached hydrogens (tertiary/aromatic N) is 1. The Morgan fingerprint density at radius 3 is 2.40 bits per heavy atom. The molecule has 0 amide bonds. The molecule has 0 rings (SSSR count). The predicted molar refractivity (Wildman–Crippen MR) is 79.9 cm³/mol. The van der Waals surface area contributed by atoms with Crippen molar-refractivity contribution in [2.24, 2.45) is 5.73 Å². The fourth-order valence-corrected chi connectivity index (χ4v) is 3.80. The van der Waals surface area contributed by atoms with Crippen molar-refractivity contribution < 1.29 is 22.7 Å². The Labute approximate surface area is 125 Å². The molecule has 0 aliphatic rings. The molecule has 0 radical (unpaired) electrons. The summed E-state index contributed by atoms with van der Waals surface area (Å²) in [5.74, 6) is -0.620. The van der Waals surface area contributed by atoms with E-state index in [4.69, 9.17) is 27.4 Å². The molecule has 0 heterocycles. The van der Waals surface area contributed by atoms with Crippen molar-refractivity contribution in [1.82, 2.24) is 4.31 Å². The molecule has 9 heteroatoms. The monoisotopic (exact) mass is 326 g/mol. The first-order valence-electron chi connectivity index (χ1n) is 6.24. The maximum atomic E-state index is 12.4. The summed E-state index contributed by atoms with van der Waals surface area (Å²) < 4.78 is 35.5. The number of thiocarbonyl (C=S) groups is 1. The van der Waals surface area contributed by atoms with E-state index in [2.05, 4.69) is 0 Å². The van der Waals surface area contributed by atoms with Crippen molar-refractivity contribution in [2.75, 3.05) is 33.4 Å². The lowest BCUT2D eigenvalue weighted by Gasteiger charge is -2.25. The van der Waals surface area contributed by atoms with Crippen LogP contribution < -0.4 is 5.73 Å². The topological polar surface area (TPSA) is 98.9 Å². The van der Waals surface area contributed by atoms with Gasteiger partial charge < -0.3 is 15.2 Å². The van der Waals surface area contributed by atoms with Gasteiger partial charge in [-0.2, -0.15) is 4.31 Å². The molecule has 0 saturated heterocycles. The van der Waals surface area contributed by atoms with Crippen LogP contribution in [0.2, 0.25) is 0 Å². The number of ether oxygens (including phenoxy) is 2. The Balaban J connectivity index is 5.17. The summed E-state index contributed by atoms with van der Waals surface area (Å²) in [7, 11) is -2.37. The van der Waals surface area contributed by atoms with Crippen LogP contribution in [-0.2, 0) is 24.3 Å². The number of hydrogen-bond donors (Lipinski definition) is 1. The number of sulfonamides is 1. The van der Waals surface area contributed by atoms with Crippen LogP contribution in [0, 0.1) is 0 Å². The maximum absolute atomic E-state index is 12.4. The number of hydrogen-bond acceptors (Lipinski definition) is 6. The molecule has 0 aromatic rings. The van der Waals surface area contributed by atoms with Crippen LogP contribution >= 0.6 is 12.2 Å². The van der Waals surface area contributed by atoms with E-state index in [1.807, 2.05) is 0 Å². The van der Waals surface area contributed by atoms with E-state index in [0.29, 0.717) is 0 Å². The summed E-state index contributed by atoms with van der Waals surface area (Å²) in [6, 6.07) is 0. The highest BCUT2D eigenvalue weighted by molar-refractivity contribution is 7.92. The van der Waals surface area contributed by atoms with Crippen molar-refractivity contribution in [3.8, 4) is 0 Å². The third kappa shape index (κ3) is 5.70. The van der Waals surface area contributed by atoms with E-state index in [1.54, 1.807) is 13.8 Å². The first-order valence-corrected chi connectivity index (χ1v) is 8.15. The first kappa shape index (κ1) is 19.2. The lowest BCUT2D eigenvalue weighted by molar-refractivity contribution is -0.143. The summed E-state index contributed by atoms with van der Waals surface area (Å²) >= 11 is 4.79. The van der Waals surface area contributed by atoms with Crippen molar-refractivity contribution >= 4 is 33.2 Å². The average molecular weight is 326 g/mol. The Hall–Kier alpha value is -0.770.